The van der Waals surface area contributed by atoms with E-state index in [4.69, 9.17) is 11.6 Å². The average molecular weight is 499 g/mol. The van der Waals surface area contributed by atoms with Gasteiger partial charge in [-0.05, 0) is 64.6 Å². The van der Waals surface area contributed by atoms with Crippen LogP contribution in [-0.2, 0) is 11.2 Å². The highest BCUT2D eigenvalue weighted by Gasteiger charge is 2.26. The number of H-pyrrole nitrogens is 1. The molecule has 3 N–H and O–H groups in total. The number of hydrogen-bond donors (Lipinski definition) is 3. The van der Waals surface area contributed by atoms with E-state index in [1.807, 2.05) is 17.5 Å². The summed E-state index contributed by atoms with van der Waals surface area (Å²) in [5.41, 5.74) is 2.77. The number of aromatic amines is 1. The van der Waals surface area contributed by atoms with Crippen molar-refractivity contribution in [3.63, 3.8) is 0 Å². The zero-order valence-corrected chi connectivity index (χ0v) is 19.3. The van der Waals surface area contributed by atoms with Crippen LogP contribution in [0.15, 0.2) is 65.5 Å². The smallest absolute Gasteiger partial charge is 0.311 e. The molecule has 1 unspecified atom stereocenters. The number of amides is 1. The minimum Gasteiger partial charge on any atom is -0.481 e. The molecule has 0 radical (unpaired) electrons. The van der Waals surface area contributed by atoms with Crippen LogP contribution in [0, 0.1) is 5.82 Å². The Morgan fingerprint density at radius 3 is 2.62 bits per heavy atom. The fraction of sp³-hybridized carbons (Fsp3) is 0.167. The average Bonchev–Trinajstić information content (AvgIpc) is 3.54. The first-order chi connectivity index (χ1) is 16.4. The normalized spacial score (nSPS) is 12.8. The van der Waals surface area contributed by atoms with E-state index in [9.17, 15) is 19.1 Å². The van der Waals surface area contributed by atoms with E-state index in [0.717, 1.165) is 5.56 Å². The first-order valence-electron chi connectivity index (χ1n) is 10.4. The minimum absolute atomic E-state index is 0.180. The lowest BCUT2D eigenvalue weighted by atomic mass is 9.90. The number of aliphatic carboxylic acids is 1. The van der Waals surface area contributed by atoms with Crippen molar-refractivity contribution >= 4 is 34.8 Å². The molecule has 0 saturated heterocycles. The van der Waals surface area contributed by atoms with E-state index in [1.165, 1.54) is 29.7 Å². The zero-order chi connectivity index (χ0) is 24.1. The SMILES string of the molecule is O=C(NC(Cc1ccc(-c2cc(Cl)ccc2F)cc1)C[C@H](C(=O)O)c1ccsc1)c1cnn[nH]1. The first-order valence-corrected chi connectivity index (χ1v) is 11.7. The van der Waals surface area contributed by atoms with Crippen LogP contribution < -0.4 is 5.32 Å². The molecule has 0 saturated carbocycles. The van der Waals surface area contributed by atoms with Gasteiger partial charge in [0.25, 0.3) is 5.91 Å². The number of hydrogen-bond acceptors (Lipinski definition) is 5. The molecule has 2 aromatic carbocycles. The molecular weight excluding hydrogens is 479 g/mol. The monoisotopic (exact) mass is 498 g/mol. The molecule has 2 atom stereocenters. The zero-order valence-electron chi connectivity index (χ0n) is 17.7. The Morgan fingerprint density at radius 1 is 1.18 bits per heavy atom. The first kappa shape index (κ1) is 23.6. The maximum Gasteiger partial charge on any atom is 0.311 e. The highest BCUT2D eigenvalue weighted by molar-refractivity contribution is 7.08. The Bertz CT molecular complexity index is 1260. The van der Waals surface area contributed by atoms with Crippen LogP contribution in [0.1, 0.15) is 34.0 Å². The Hall–Kier alpha value is -3.56. The van der Waals surface area contributed by atoms with Gasteiger partial charge in [-0.25, -0.2) is 4.39 Å². The number of benzene rings is 2. The highest BCUT2D eigenvalue weighted by atomic mass is 35.5. The molecule has 0 aliphatic heterocycles. The molecular formula is C24H20ClFN4O3S. The van der Waals surface area contributed by atoms with Crippen molar-refractivity contribution in [1.82, 2.24) is 20.7 Å². The van der Waals surface area contributed by atoms with Gasteiger partial charge in [-0.2, -0.15) is 11.3 Å². The van der Waals surface area contributed by atoms with Crippen molar-refractivity contribution in [3.05, 3.63) is 93.1 Å². The molecule has 10 heteroatoms. The summed E-state index contributed by atoms with van der Waals surface area (Å²) < 4.78 is 14.2. The van der Waals surface area contributed by atoms with E-state index < -0.39 is 23.8 Å². The summed E-state index contributed by atoms with van der Waals surface area (Å²) in [6.07, 6.45) is 1.86. The Kier molecular flexibility index (Phi) is 7.34. The molecule has 1 amide bonds. The Labute approximate surface area is 203 Å². The van der Waals surface area contributed by atoms with Gasteiger partial charge in [0, 0.05) is 16.6 Å². The summed E-state index contributed by atoms with van der Waals surface area (Å²) in [6, 6.07) is 12.8. The topological polar surface area (TPSA) is 108 Å². The fourth-order valence-electron chi connectivity index (χ4n) is 3.72. The van der Waals surface area contributed by atoms with E-state index >= 15 is 0 Å². The standard InChI is InChI=1S/C24H20ClFN4O3S/c25-17-5-6-21(26)19(10-17)15-3-1-14(2-4-15)9-18(28-23(31)22-12-27-30-29-22)11-20(24(32)33)16-7-8-34-13-16/h1-8,10,12-13,18,20H,9,11H2,(H,28,31)(H,32,33)(H,27,29,30)/t18?,20-/m0/s1. The van der Waals surface area contributed by atoms with Gasteiger partial charge in [-0.3, -0.25) is 14.7 Å². The summed E-state index contributed by atoms with van der Waals surface area (Å²) in [5, 5.41) is 26.4. The summed E-state index contributed by atoms with van der Waals surface area (Å²) in [4.78, 5) is 24.6. The van der Waals surface area contributed by atoms with Gasteiger partial charge in [-0.1, -0.05) is 41.1 Å². The molecule has 0 bridgehead atoms. The number of carbonyl (C=O) groups excluding carboxylic acids is 1. The molecule has 0 fully saturated rings. The van der Waals surface area contributed by atoms with Crippen molar-refractivity contribution in [2.75, 3.05) is 0 Å². The van der Waals surface area contributed by atoms with Crippen molar-refractivity contribution < 1.29 is 19.1 Å². The highest BCUT2D eigenvalue weighted by Crippen LogP contribution is 2.28. The number of nitrogens with zero attached hydrogens (tertiary/aromatic N) is 2. The molecule has 4 rings (SSSR count). The number of rotatable bonds is 9. The van der Waals surface area contributed by atoms with Crippen LogP contribution in [0.5, 0.6) is 0 Å². The summed E-state index contributed by atoms with van der Waals surface area (Å²) in [5.74, 6) is -2.55. The van der Waals surface area contributed by atoms with Gasteiger partial charge in [-0.15, -0.1) is 5.10 Å². The van der Waals surface area contributed by atoms with Crippen molar-refractivity contribution in [2.45, 2.75) is 24.8 Å². The molecule has 0 aliphatic carbocycles. The van der Waals surface area contributed by atoms with Crippen molar-refractivity contribution in [2.24, 2.45) is 0 Å². The quantitative estimate of drug-likeness (QED) is 0.303. The molecule has 0 aliphatic rings. The predicted molar refractivity (Wildman–Crippen MR) is 127 cm³/mol. The molecule has 2 heterocycles. The lowest BCUT2D eigenvalue weighted by molar-refractivity contribution is -0.139. The second kappa shape index (κ2) is 10.6. The van der Waals surface area contributed by atoms with E-state index in [0.29, 0.717) is 28.1 Å². The largest absolute Gasteiger partial charge is 0.481 e. The second-order valence-corrected chi connectivity index (χ2v) is 8.97. The fourth-order valence-corrected chi connectivity index (χ4v) is 4.61. The van der Waals surface area contributed by atoms with Gasteiger partial charge in [0.2, 0.25) is 0 Å². The van der Waals surface area contributed by atoms with Crippen molar-refractivity contribution in [3.8, 4) is 11.1 Å². The minimum atomic E-state index is -0.965. The number of nitrogens with one attached hydrogen (secondary N) is 2. The number of carbonyl (C=O) groups is 2. The number of carboxylic acid groups (broad SMARTS) is 1. The molecule has 34 heavy (non-hydrogen) atoms. The van der Waals surface area contributed by atoms with Crippen molar-refractivity contribution in [1.29, 1.82) is 0 Å². The van der Waals surface area contributed by atoms with Crippen LogP contribution in [0.3, 0.4) is 0 Å². The van der Waals surface area contributed by atoms with E-state index in [-0.39, 0.29) is 17.9 Å². The number of aromatic nitrogens is 3. The maximum absolute atomic E-state index is 14.2. The van der Waals surface area contributed by atoms with Crippen LogP contribution in [0.4, 0.5) is 4.39 Å². The molecule has 4 aromatic rings. The third-order valence-electron chi connectivity index (χ3n) is 5.43. The number of carboxylic acids is 1. The Morgan fingerprint density at radius 2 is 1.97 bits per heavy atom. The van der Waals surface area contributed by atoms with E-state index in [1.54, 1.807) is 29.6 Å². The Balaban J connectivity index is 1.56. The van der Waals surface area contributed by atoms with Crippen LogP contribution in [0.2, 0.25) is 5.02 Å². The van der Waals surface area contributed by atoms with Gasteiger partial charge in [0.15, 0.2) is 0 Å². The number of halogens is 2. The summed E-state index contributed by atoms with van der Waals surface area (Å²) in [7, 11) is 0. The maximum atomic E-state index is 14.2. The third kappa shape index (κ3) is 5.67. The molecule has 174 valence electrons. The lowest BCUT2D eigenvalue weighted by Crippen LogP contribution is -2.38. The van der Waals surface area contributed by atoms with Crippen LogP contribution in [-0.4, -0.2) is 38.4 Å². The summed E-state index contributed by atoms with van der Waals surface area (Å²) >= 11 is 7.43. The van der Waals surface area contributed by atoms with Crippen LogP contribution in [0.25, 0.3) is 11.1 Å². The van der Waals surface area contributed by atoms with E-state index in [2.05, 4.69) is 20.7 Å². The third-order valence-corrected chi connectivity index (χ3v) is 6.37. The summed E-state index contributed by atoms with van der Waals surface area (Å²) in [6.45, 7) is 0. The van der Waals surface area contributed by atoms with Gasteiger partial charge in [0.05, 0.1) is 12.1 Å². The lowest BCUT2D eigenvalue weighted by Gasteiger charge is -2.22. The van der Waals surface area contributed by atoms with Crippen LogP contribution >= 0.6 is 22.9 Å². The molecule has 0 spiro atoms. The van der Waals surface area contributed by atoms with Gasteiger partial charge in [0.1, 0.15) is 11.5 Å². The molecule has 7 nitrogen and oxygen atoms in total. The number of thiophene rings is 1. The predicted octanol–water partition coefficient (Wildman–Crippen LogP) is 4.93. The van der Waals surface area contributed by atoms with Gasteiger partial charge < -0.3 is 10.4 Å². The second-order valence-electron chi connectivity index (χ2n) is 7.75. The van der Waals surface area contributed by atoms with Gasteiger partial charge >= 0.3 is 5.97 Å². The molecule has 2 aromatic heterocycles.